The minimum absolute atomic E-state index is 1.03. The summed E-state index contributed by atoms with van der Waals surface area (Å²) in [4.78, 5) is 7.11. The Balaban J connectivity index is 0.000000127. The van der Waals surface area contributed by atoms with Gasteiger partial charge in [-0.05, 0) is 12.1 Å². The predicted molar refractivity (Wildman–Crippen MR) is 50.3 cm³/mol. The minimum atomic E-state index is 1.03. The van der Waals surface area contributed by atoms with E-state index >= 15 is 0 Å². The Labute approximate surface area is 73.3 Å². The first-order valence-electron chi connectivity index (χ1n) is 3.95. The summed E-state index contributed by atoms with van der Waals surface area (Å²) in [5.41, 5.74) is 0. The van der Waals surface area contributed by atoms with Crippen LogP contribution in [0, 0.1) is 0 Å². The number of nitrogens with one attached hydrogen (secondary N) is 1. The second-order valence-corrected chi connectivity index (χ2v) is 2.84. The highest BCUT2D eigenvalue weighted by Gasteiger charge is 1.99. The summed E-state index contributed by atoms with van der Waals surface area (Å²) in [6.07, 6.45) is 7.86. The number of hydrogen-bond acceptors (Lipinski definition) is 2. The molecule has 12 heavy (non-hydrogen) atoms. The predicted octanol–water partition coefficient (Wildman–Crippen LogP) is 1.31. The van der Waals surface area contributed by atoms with Gasteiger partial charge < -0.3 is 14.8 Å². The fraction of sp³-hybridized carbons (Fsp3) is 0.333. The van der Waals surface area contributed by atoms with Crippen molar-refractivity contribution < 1.29 is 0 Å². The van der Waals surface area contributed by atoms with Crippen LogP contribution in [0.15, 0.2) is 36.9 Å². The van der Waals surface area contributed by atoms with E-state index in [-0.39, 0.29) is 0 Å². The van der Waals surface area contributed by atoms with E-state index in [1.165, 1.54) is 0 Å². The number of nitrogens with zero attached hydrogens (tertiary/aromatic N) is 2. The third kappa shape index (κ3) is 3.14. The molecule has 2 heterocycles. The summed E-state index contributed by atoms with van der Waals surface area (Å²) >= 11 is 0. The Morgan fingerprint density at radius 2 is 1.50 bits per heavy atom. The van der Waals surface area contributed by atoms with Crippen molar-refractivity contribution in [2.45, 2.75) is 0 Å². The number of aromatic amines is 1. The molecule has 3 nitrogen and oxygen atoms in total. The molecule has 66 valence electrons. The fourth-order valence-electron chi connectivity index (χ4n) is 0.952. The second-order valence-electron chi connectivity index (χ2n) is 2.84. The molecule has 0 unspecified atom stereocenters. The Morgan fingerprint density at radius 1 is 1.00 bits per heavy atom. The van der Waals surface area contributed by atoms with E-state index in [4.69, 9.17) is 0 Å². The van der Waals surface area contributed by atoms with Gasteiger partial charge in [-0.25, -0.2) is 0 Å². The summed E-state index contributed by atoms with van der Waals surface area (Å²) in [6, 6.07) is 3.89. The molecule has 0 atom stereocenters. The molecule has 1 N–H and O–H groups in total. The van der Waals surface area contributed by atoms with Crippen molar-refractivity contribution in [1.29, 1.82) is 0 Å². The Kier molecular flexibility index (Phi) is 3.26. The molecule has 0 saturated carbocycles. The molecule has 0 spiro atoms. The molecule has 3 heteroatoms. The van der Waals surface area contributed by atoms with Crippen LogP contribution < -0.4 is 0 Å². The van der Waals surface area contributed by atoms with E-state index in [0.717, 1.165) is 6.67 Å². The SMILES string of the molecule is CN1C=CN(C)C1.c1cc[nH]c1. The third-order valence-electron chi connectivity index (χ3n) is 1.52. The summed E-state index contributed by atoms with van der Waals surface area (Å²) in [5, 5.41) is 0. The van der Waals surface area contributed by atoms with Crippen molar-refractivity contribution in [3.05, 3.63) is 36.9 Å². The molecule has 0 radical (unpaired) electrons. The van der Waals surface area contributed by atoms with Crippen LogP contribution in [0.1, 0.15) is 0 Å². The Bertz CT molecular complexity index is 188. The Morgan fingerprint density at radius 3 is 1.67 bits per heavy atom. The number of aromatic nitrogens is 1. The van der Waals surface area contributed by atoms with Crippen molar-refractivity contribution in [3.8, 4) is 0 Å². The second kappa shape index (κ2) is 4.49. The lowest BCUT2D eigenvalue weighted by Crippen LogP contribution is -2.17. The highest BCUT2D eigenvalue weighted by Crippen LogP contribution is 1.97. The van der Waals surface area contributed by atoms with Gasteiger partial charge in [0.05, 0.1) is 6.67 Å². The first kappa shape index (κ1) is 8.71. The van der Waals surface area contributed by atoms with Gasteiger partial charge in [-0.2, -0.15) is 0 Å². The van der Waals surface area contributed by atoms with Crippen molar-refractivity contribution >= 4 is 0 Å². The molecular formula is C9H15N3. The lowest BCUT2D eigenvalue weighted by Gasteiger charge is -2.10. The van der Waals surface area contributed by atoms with Crippen LogP contribution in [-0.2, 0) is 0 Å². The zero-order valence-corrected chi connectivity index (χ0v) is 7.57. The van der Waals surface area contributed by atoms with E-state index < -0.39 is 0 Å². The van der Waals surface area contributed by atoms with E-state index in [1.807, 2.05) is 24.5 Å². The van der Waals surface area contributed by atoms with Gasteiger partial charge in [0.1, 0.15) is 0 Å². The molecule has 1 aliphatic rings. The van der Waals surface area contributed by atoms with Gasteiger partial charge >= 0.3 is 0 Å². The van der Waals surface area contributed by atoms with Gasteiger partial charge in [0.2, 0.25) is 0 Å². The minimum Gasteiger partial charge on any atom is -0.368 e. The van der Waals surface area contributed by atoms with Crippen LogP contribution in [0.5, 0.6) is 0 Å². The van der Waals surface area contributed by atoms with E-state index in [9.17, 15) is 0 Å². The zero-order valence-electron chi connectivity index (χ0n) is 7.57. The van der Waals surface area contributed by atoms with E-state index in [1.54, 1.807) is 0 Å². The normalized spacial score (nSPS) is 14.5. The van der Waals surface area contributed by atoms with Gasteiger partial charge in [0.15, 0.2) is 0 Å². The molecule has 2 rings (SSSR count). The maximum atomic E-state index is 2.86. The molecule has 0 aromatic carbocycles. The van der Waals surface area contributed by atoms with Gasteiger partial charge in [-0.1, -0.05) is 0 Å². The highest BCUT2D eigenvalue weighted by atomic mass is 15.3. The van der Waals surface area contributed by atoms with Crippen molar-refractivity contribution in [2.24, 2.45) is 0 Å². The molecule has 1 aromatic heterocycles. The first-order chi connectivity index (χ1) is 5.79. The van der Waals surface area contributed by atoms with Gasteiger partial charge in [0.25, 0.3) is 0 Å². The van der Waals surface area contributed by atoms with Crippen molar-refractivity contribution in [2.75, 3.05) is 20.8 Å². The Hall–Kier alpha value is -1.38. The van der Waals surface area contributed by atoms with Gasteiger partial charge in [0, 0.05) is 38.9 Å². The molecule has 1 aromatic rings. The topological polar surface area (TPSA) is 22.3 Å². The number of hydrogen-bond donors (Lipinski definition) is 1. The highest BCUT2D eigenvalue weighted by molar-refractivity contribution is 4.86. The average Bonchev–Trinajstić information content (AvgIpc) is 2.63. The summed E-state index contributed by atoms with van der Waals surface area (Å²) < 4.78 is 0. The molecular weight excluding hydrogens is 150 g/mol. The maximum absolute atomic E-state index is 2.86. The zero-order chi connectivity index (χ0) is 8.81. The number of rotatable bonds is 0. The smallest absolute Gasteiger partial charge is 0.0887 e. The standard InChI is InChI=1S/C5H10N2.C4H5N/c1-6-3-4-7(2)5-6;1-2-4-5-3-1/h3-4H,5H2,1-2H3;1-5H. The maximum Gasteiger partial charge on any atom is 0.0887 e. The molecule has 0 saturated heterocycles. The monoisotopic (exact) mass is 165 g/mol. The van der Waals surface area contributed by atoms with Crippen molar-refractivity contribution in [1.82, 2.24) is 14.8 Å². The van der Waals surface area contributed by atoms with Crippen LogP contribution in [0.3, 0.4) is 0 Å². The van der Waals surface area contributed by atoms with Crippen LogP contribution in [-0.4, -0.2) is 35.5 Å². The first-order valence-corrected chi connectivity index (χ1v) is 3.95. The van der Waals surface area contributed by atoms with Crippen molar-refractivity contribution in [3.63, 3.8) is 0 Å². The molecule has 0 fully saturated rings. The van der Waals surface area contributed by atoms with Crippen LogP contribution >= 0.6 is 0 Å². The molecule has 0 aliphatic carbocycles. The molecule has 0 bridgehead atoms. The lowest BCUT2D eigenvalue weighted by atomic mass is 10.7. The lowest BCUT2D eigenvalue weighted by molar-refractivity contribution is 0.340. The third-order valence-corrected chi connectivity index (χ3v) is 1.52. The van der Waals surface area contributed by atoms with Crippen LogP contribution in [0.25, 0.3) is 0 Å². The summed E-state index contributed by atoms with van der Waals surface area (Å²) in [5.74, 6) is 0. The largest absolute Gasteiger partial charge is 0.368 e. The summed E-state index contributed by atoms with van der Waals surface area (Å²) in [7, 11) is 4.11. The van der Waals surface area contributed by atoms with Crippen LogP contribution in [0.4, 0.5) is 0 Å². The molecule has 1 aliphatic heterocycles. The summed E-state index contributed by atoms with van der Waals surface area (Å²) in [6.45, 7) is 1.03. The fourth-order valence-corrected chi connectivity index (χ4v) is 0.952. The van der Waals surface area contributed by atoms with Gasteiger partial charge in [-0.3, -0.25) is 0 Å². The average molecular weight is 165 g/mol. The number of H-pyrrole nitrogens is 1. The van der Waals surface area contributed by atoms with Gasteiger partial charge in [-0.15, -0.1) is 0 Å². The quantitative estimate of drug-likeness (QED) is 0.626. The van der Waals surface area contributed by atoms with E-state index in [0.29, 0.717) is 0 Å². The molecule has 0 amide bonds. The van der Waals surface area contributed by atoms with E-state index in [2.05, 4.69) is 41.3 Å². The van der Waals surface area contributed by atoms with Crippen LogP contribution in [0.2, 0.25) is 0 Å².